The summed E-state index contributed by atoms with van der Waals surface area (Å²) in [6.45, 7) is 7.95. The largest absolute Gasteiger partial charge is 0.496 e. The van der Waals surface area contributed by atoms with Crippen LogP contribution in [-0.2, 0) is 12.8 Å². The van der Waals surface area contributed by atoms with Gasteiger partial charge in [0.1, 0.15) is 23.0 Å². The average Bonchev–Trinajstić information content (AvgIpc) is 2.69. The summed E-state index contributed by atoms with van der Waals surface area (Å²) in [5, 5.41) is 0. The monoisotopic (exact) mass is 418 g/mol. The first-order valence-corrected chi connectivity index (χ1v) is 10.1. The molecule has 4 N–H and O–H groups in total. The molecule has 2 aromatic carbocycles. The van der Waals surface area contributed by atoms with Crippen LogP contribution in [0, 0.1) is 13.8 Å². The van der Waals surface area contributed by atoms with Gasteiger partial charge in [-0.3, -0.25) is 0 Å². The van der Waals surface area contributed by atoms with Gasteiger partial charge in [-0.25, -0.2) is 0 Å². The summed E-state index contributed by atoms with van der Waals surface area (Å²) in [5.74, 6) is 3.52. The van der Waals surface area contributed by atoms with E-state index < -0.39 is 0 Å². The van der Waals surface area contributed by atoms with Gasteiger partial charge in [-0.05, 0) is 87.1 Å². The van der Waals surface area contributed by atoms with Crippen molar-refractivity contribution < 1.29 is 18.9 Å². The minimum Gasteiger partial charge on any atom is -0.496 e. The number of nitrogens with two attached hydrogens (primary N) is 2. The Morgan fingerprint density at radius 1 is 0.600 bits per heavy atom. The minimum atomic E-state index is 0.117. The predicted octanol–water partition coefficient (Wildman–Crippen LogP) is 3.80. The molecule has 0 spiro atoms. The van der Waals surface area contributed by atoms with Gasteiger partial charge in [-0.1, -0.05) is 0 Å². The van der Waals surface area contributed by atoms with Crippen LogP contribution < -0.4 is 30.4 Å². The van der Waals surface area contributed by atoms with Crippen LogP contribution in [-0.4, -0.2) is 40.5 Å². The highest BCUT2D eigenvalue weighted by molar-refractivity contribution is 5.47. The van der Waals surface area contributed by atoms with Crippen molar-refractivity contribution in [3.8, 4) is 23.0 Å². The second-order valence-electron chi connectivity index (χ2n) is 7.63. The molecule has 168 valence electrons. The zero-order valence-corrected chi connectivity index (χ0v) is 19.7. The molecule has 2 atom stereocenters. The van der Waals surface area contributed by atoms with E-state index in [0.717, 1.165) is 58.1 Å². The fourth-order valence-corrected chi connectivity index (χ4v) is 3.24. The molecule has 0 fully saturated rings. The lowest BCUT2D eigenvalue weighted by Gasteiger charge is -2.14. The zero-order chi connectivity index (χ0) is 22.8. The first-order valence-electron chi connectivity index (χ1n) is 10.1. The Bertz CT molecular complexity index is 737. The quantitative estimate of drug-likeness (QED) is 0.678. The summed E-state index contributed by atoms with van der Waals surface area (Å²) in [7, 11) is 6.69. The van der Waals surface area contributed by atoms with Gasteiger partial charge in [-0.2, -0.15) is 0 Å². The first-order chi connectivity index (χ1) is 14.2. The van der Waals surface area contributed by atoms with E-state index in [4.69, 9.17) is 30.4 Å². The lowest BCUT2D eigenvalue weighted by atomic mass is 10.0. The van der Waals surface area contributed by atoms with E-state index in [-0.39, 0.29) is 12.1 Å². The predicted molar refractivity (Wildman–Crippen MR) is 123 cm³/mol. The second-order valence-corrected chi connectivity index (χ2v) is 7.63. The van der Waals surface area contributed by atoms with Crippen molar-refractivity contribution in [2.45, 2.75) is 52.6 Å². The fraction of sp³-hybridized carbons (Fsp3) is 0.500. The van der Waals surface area contributed by atoms with Gasteiger partial charge in [0.2, 0.25) is 0 Å². The van der Waals surface area contributed by atoms with Crippen LogP contribution in [0.25, 0.3) is 0 Å². The molecule has 0 amide bonds. The molecular formula is C24H38N2O4. The summed E-state index contributed by atoms with van der Waals surface area (Å²) in [6.07, 6.45) is 1.58. The van der Waals surface area contributed by atoms with Crippen molar-refractivity contribution >= 4 is 0 Å². The summed E-state index contributed by atoms with van der Waals surface area (Å²) >= 11 is 0. The topological polar surface area (TPSA) is 89.0 Å². The van der Waals surface area contributed by atoms with Crippen LogP contribution in [0.5, 0.6) is 23.0 Å². The molecule has 0 radical (unpaired) electrons. The Morgan fingerprint density at radius 3 is 1.13 bits per heavy atom. The Morgan fingerprint density at radius 2 is 0.900 bits per heavy atom. The number of rotatable bonds is 8. The first kappa shape index (κ1) is 25.6. The summed E-state index contributed by atoms with van der Waals surface area (Å²) in [5.41, 5.74) is 15.9. The van der Waals surface area contributed by atoms with E-state index in [1.54, 1.807) is 28.4 Å². The number of benzene rings is 2. The van der Waals surface area contributed by atoms with Crippen molar-refractivity contribution in [3.63, 3.8) is 0 Å². The third-order valence-corrected chi connectivity index (χ3v) is 4.68. The van der Waals surface area contributed by atoms with Crippen LogP contribution in [0.15, 0.2) is 24.3 Å². The molecule has 0 aliphatic heterocycles. The van der Waals surface area contributed by atoms with E-state index in [9.17, 15) is 0 Å². The van der Waals surface area contributed by atoms with Gasteiger partial charge < -0.3 is 30.4 Å². The van der Waals surface area contributed by atoms with Gasteiger partial charge in [0, 0.05) is 12.1 Å². The van der Waals surface area contributed by atoms with Gasteiger partial charge in [0.05, 0.1) is 28.4 Å². The lowest BCUT2D eigenvalue weighted by molar-refractivity contribution is 0.395. The molecule has 0 heterocycles. The van der Waals surface area contributed by atoms with Gasteiger partial charge >= 0.3 is 0 Å². The molecule has 0 unspecified atom stereocenters. The average molecular weight is 419 g/mol. The molecule has 6 nitrogen and oxygen atoms in total. The molecule has 0 aliphatic rings. The molecule has 2 rings (SSSR count). The molecule has 0 aromatic heterocycles. The smallest absolute Gasteiger partial charge is 0.122 e. The number of hydrogen-bond acceptors (Lipinski definition) is 6. The maximum Gasteiger partial charge on any atom is 0.122 e. The van der Waals surface area contributed by atoms with Gasteiger partial charge in [-0.15, -0.1) is 0 Å². The second kappa shape index (κ2) is 12.3. The Kier molecular flexibility index (Phi) is 10.5. The highest BCUT2D eigenvalue weighted by Gasteiger charge is 2.11. The molecule has 0 saturated carbocycles. The highest BCUT2D eigenvalue weighted by atomic mass is 16.5. The Balaban J connectivity index is 0.000000300. The standard InChI is InChI=1S/2C12H19NO2/c2*1-8-5-12(15-4)10(6-9(2)13)7-11(8)14-3/h2*5,7,9H,6,13H2,1-4H3/t2*9-/m10/s1. The molecule has 6 heteroatoms. The van der Waals surface area contributed by atoms with Crippen LogP contribution in [0.2, 0.25) is 0 Å². The highest BCUT2D eigenvalue weighted by Crippen LogP contribution is 2.29. The van der Waals surface area contributed by atoms with Crippen molar-refractivity contribution in [2.75, 3.05) is 28.4 Å². The third-order valence-electron chi connectivity index (χ3n) is 4.68. The summed E-state index contributed by atoms with van der Waals surface area (Å²) < 4.78 is 21.2. The number of aryl methyl sites for hydroxylation is 2. The Hall–Kier alpha value is -2.44. The van der Waals surface area contributed by atoms with Crippen molar-refractivity contribution in [2.24, 2.45) is 11.5 Å². The molecule has 0 saturated heterocycles. The molecule has 30 heavy (non-hydrogen) atoms. The lowest BCUT2D eigenvalue weighted by Crippen LogP contribution is -2.18. The number of ether oxygens (including phenoxy) is 4. The summed E-state index contributed by atoms with van der Waals surface area (Å²) in [6, 6.07) is 8.19. The van der Waals surface area contributed by atoms with E-state index in [0.29, 0.717) is 0 Å². The fourth-order valence-electron chi connectivity index (χ4n) is 3.24. The van der Waals surface area contributed by atoms with Crippen LogP contribution in [0.3, 0.4) is 0 Å². The molecule has 0 bridgehead atoms. The van der Waals surface area contributed by atoms with Crippen LogP contribution in [0.1, 0.15) is 36.1 Å². The zero-order valence-electron chi connectivity index (χ0n) is 19.7. The van der Waals surface area contributed by atoms with Crippen LogP contribution >= 0.6 is 0 Å². The summed E-state index contributed by atoms with van der Waals surface area (Å²) in [4.78, 5) is 0. The maximum absolute atomic E-state index is 5.78. The van der Waals surface area contributed by atoms with Crippen LogP contribution in [0.4, 0.5) is 0 Å². The van der Waals surface area contributed by atoms with E-state index in [2.05, 4.69) is 0 Å². The van der Waals surface area contributed by atoms with E-state index in [1.165, 1.54) is 0 Å². The number of methoxy groups -OCH3 is 4. The number of hydrogen-bond donors (Lipinski definition) is 2. The van der Waals surface area contributed by atoms with Gasteiger partial charge in [0.25, 0.3) is 0 Å². The SMILES string of the molecule is COc1cc(C[C@@H](C)N)c(OC)cc1C.COc1cc(C[C@H](C)N)c(OC)cc1C. The third kappa shape index (κ3) is 7.43. The molecule has 2 aromatic rings. The molecular weight excluding hydrogens is 380 g/mol. The van der Waals surface area contributed by atoms with Crippen molar-refractivity contribution in [3.05, 3.63) is 46.5 Å². The Labute approximate surface area is 181 Å². The van der Waals surface area contributed by atoms with Gasteiger partial charge in [0.15, 0.2) is 0 Å². The van der Waals surface area contributed by atoms with E-state index >= 15 is 0 Å². The van der Waals surface area contributed by atoms with Crippen molar-refractivity contribution in [1.29, 1.82) is 0 Å². The normalized spacial score (nSPS) is 12.3. The minimum absolute atomic E-state index is 0.117. The molecule has 0 aliphatic carbocycles. The maximum atomic E-state index is 5.78. The van der Waals surface area contributed by atoms with E-state index in [1.807, 2.05) is 52.0 Å². The van der Waals surface area contributed by atoms with Crippen molar-refractivity contribution in [1.82, 2.24) is 0 Å².